The molecular formula is C17H24N2O3. The van der Waals surface area contributed by atoms with Gasteiger partial charge in [0, 0.05) is 44.2 Å². The standard InChI is InChI=1S/C17H24N2O3/c1-12-8-18(9-13(2)19(12)14(3)21)10-15-4-6-16(7-5-15)17(22)11-20/h4-7,12-13,20H,8-11H2,1-3H3/t12-,13+. The van der Waals surface area contributed by atoms with E-state index >= 15 is 0 Å². The van der Waals surface area contributed by atoms with Crippen LogP contribution in [0.5, 0.6) is 0 Å². The Morgan fingerprint density at radius 1 is 1.14 bits per heavy atom. The highest BCUT2D eigenvalue weighted by molar-refractivity contribution is 5.96. The first kappa shape index (κ1) is 16.6. The molecule has 0 aromatic heterocycles. The maximum absolute atomic E-state index is 11.7. The molecule has 0 radical (unpaired) electrons. The number of nitrogens with zero attached hydrogens (tertiary/aromatic N) is 2. The molecule has 0 bridgehead atoms. The molecule has 22 heavy (non-hydrogen) atoms. The van der Waals surface area contributed by atoms with Crippen molar-refractivity contribution in [2.24, 2.45) is 0 Å². The number of hydrogen-bond donors (Lipinski definition) is 1. The normalized spacial score (nSPS) is 22.6. The smallest absolute Gasteiger partial charge is 0.220 e. The molecule has 5 heteroatoms. The van der Waals surface area contributed by atoms with E-state index in [1.807, 2.05) is 17.0 Å². The molecule has 2 rings (SSSR count). The molecule has 0 unspecified atom stereocenters. The number of aliphatic hydroxyl groups excluding tert-OH is 1. The summed E-state index contributed by atoms with van der Waals surface area (Å²) in [5.74, 6) is -0.129. The first-order chi connectivity index (χ1) is 10.4. The zero-order valence-corrected chi connectivity index (χ0v) is 13.5. The molecule has 1 heterocycles. The predicted molar refractivity (Wildman–Crippen MR) is 84.6 cm³/mol. The van der Waals surface area contributed by atoms with Gasteiger partial charge in [0.15, 0.2) is 5.78 Å². The van der Waals surface area contributed by atoms with Gasteiger partial charge in [-0.2, -0.15) is 0 Å². The molecule has 1 aliphatic rings. The average Bonchev–Trinajstić information content (AvgIpc) is 2.46. The van der Waals surface area contributed by atoms with Crippen LogP contribution < -0.4 is 0 Å². The van der Waals surface area contributed by atoms with Crippen LogP contribution in [-0.2, 0) is 11.3 Å². The fraction of sp³-hybridized carbons (Fsp3) is 0.529. The minimum absolute atomic E-state index is 0.131. The maximum atomic E-state index is 11.7. The van der Waals surface area contributed by atoms with E-state index in [2.05, 4.69) is 18.7 Å². The Bertz CT molecular complexity index is 529. The van der Waals surface area contributed by atoms with Crippen LogP contribution in [0.15, 0.2) is 24.3 Å². The first-order valence-electron chi connectivity index (χ1n) is 7.66. The van der Waals surface area contributed by atoms with E-state index in [1.165, 1.54) is 0 Å². The number of aliphatic hydroxyl groups is 1. The molecule has 0 saturated carbocycles. The van der Waals surface area contributed by atoms with Crippen molar-refractivity contribution < 1.29 is 14.7 Å². The zero-order chi connectivity index (χ0) is 16.3. The molecule has 1 aromatic rings. The number of Topliss-reactive ketones (excluding diaryl/α,β-unsaturated/α-hetero) is 1. The van der Waals surface area contributed by atoms with E-state index in [0.29, 0.717) is 5.56 Å². The molecular weight excluding hydrogens is 280 g/mol. The highest BCUT2D eigenvalue weighted by atomic mass is 16.3. The number of piperazine rings is 1. The minimum Gasteiger partial charge on any atom is -0.388 e. The van der Waals surface area contributed by atoms with E-state index in [-0.39, 0.29) is 23.8 Å². The van der Waals surface area contributed by atoms with E-state index in [0.717, 1.165) is 25.2 Å². The molecule has 1 saturated heterocycles. The quantitative estimate of drug-likeness (QED) is 0.852. The van der Waals surface area contributed by atoms with Gasteiger partial charge in [0.2, 0.25) is 5.91 Å². The fourth-order valence-electron chi connectivity index (χ4n) is 3.33. The summed E-state index contributed by atoms with van der Waals surface area (Å²) >= 11 is 0. The summed E-state index contributed by atoms with van der Waals surface area (Å²) in [6.07, 6.45) is 0. The molecule has 1 fully saturated rings. The van der Waals surface area contributed by atoms with E-state index in [9.17, 15) is 9.59 Å². The Labute approximate surface area is 131 Å². The summed E-state index contributed by atoms with van der Waals surface area (Å²) in [4.78, 5) is 27.3. The number of carbonyl (C=O) groups excluding carboxylic acids is 2. The van der Waals surface area contributed by atoms with E-state index in [1.54, 1.807) is 19.1 Å². The fourth-order valence-corrected chi connectivity index (χ4v) is 3.33. The number of benzene rings is 1. The second kappa shape index (κ2) is 7.03. The second-order valence-corrected chi connectivity index (χ2v) is 6.10. The lowest BCUT2D eigenvalue weighted by Gasteiger charge is -2.44. The third-order valence-electron chi connectivity index (χ3n) is 4.18. The van der Waals surface area contributed by atoms with Crippen molar-refractivity contribution >= 4 is 11.7 Å². The lowest BCUT2D eigenvalue weighted by molar-refractivity contribution is -0.136. The van der Waals surface area contributed by atoms with Crippen LogP contribution >= 0.6 is 0 Å². The third kappa shape index (κ3) is 3.72. The van der Waals surface area contributed by atoms with Gasteiger partial charge >= 0.3 is 0 Å². The van der Waals surface area contributed by atoms with Crippen LogP contribution in [0.2, 0.25) is 0 Å². The van der Waals surface area contributed by atoms with Crippen LogP contribution in [0.4, 0.5) is 0 Å². The molecule has 1 N–H and O–H groups in total. The average molecular weight is 304 g/mol. The molecule has 0 aliphatic carbocycles. The van der Waals surface area contributed by atoms with Crippen LogP contribution in [0.3, 0.4) is 0 Å². The van der Waals surface area contributed by atoms with Gasteiger partial charge in [-0.05, 0) is 19.4 Å². The monoisotopic (exact) mass is 304 g/mol. The van der Waals surface area contributed by atoms with Gasteiger partial charge in [0.25, 0.3) is 0 Å². The Morgan fingerprint density at radius 2 is 1.68 bits per heavy atom. The van der Waals surface area contributed by atoms with E-state index < -0.39 is 6.61 Å². The van der Waals surface area contributed by atoms with Crippen molar-refractivity contribution in [2.45, 2.75) is 39.4 Å². The predicted octanol–water partition coefficient (Wildman–Crippen LogP) is 1.30. The van der Waals surface area contributed by atoms with Gasteiger partial charge in [0.05, 0.1) is 0 Å². The Hall–Kier alpha value is -1.72. The van der Waals surface area contributed by atoms with Crippen molar-refractivity contribution in [3.8, 4) is 0 Å². The number of carbonyl (C=O) groups is 2. The van der Waals surface area contributed by atoms with Gasteiger partial charge in [-0.25, -0.2) is 0 Å². The number of rotatable bonds is 4. The topological polar surface area (TPSA) is 60.9 Å². The van der Waals surface area contributed by atoms with Gasteiger partial charge in [-0.15, -0.1) is 0 Å². The van der Waals surface area contributed by atoms with Crippen LogP contribution in [0.1, 0.15) is 36.7 Å². The summed E-state index contributed by atoms with van der Waals surface area (Å²) < 4.78 is 0. The van der Waals surface area contributed by atoms with Crippen molar-refractivity contribution in [1.82, 2.24) is 9.80 Å². The SMILES string of the molecule is CC(=O)N1[C@H](C)CN(Cc2ccc(C(=O)CO)cc2)C[C@@H]1C. The highest BCUT2D eigenvalue weighted by Gasteiger charge is 2.30. The van der Waals surface area contributed by atoms with Crippen molar-refractivity contribution in [1.29, 1.82) is 0 Å². The van der Waals surface area contributed by atoms with Crippen LogP contribution in [-0.4, -0.2) is 58.4 Å². The molecule has 2 atom stereocenters. The van der Waals surface area contributed by atoms with Crippen molar-refractivity contribution in [3.63, 3.8) is 0 Å². The van der Waals surface area contributed by atoms with Gasteiger partial charge < -0.3 is 10.0 Å². The minimum atomic E-state index is -0.457. The highest BCUT2D eigenvalue weighted by Crippen LogP contribution is 2.18. The maximum Gasteiger partial charge on any atom is 0.220 e. The Morgan fingerprint density at radius 3 is 2.14 bits per heavy atom. The number of amides is 1. The lowest BCUT2D eigenvalue weighted by atomic mass is 10.1. The largest absolute Gasteiger partial charge is 0.388 e. The van der Waals surface area contributed by atoms with Gasteiger partial charge in [0.1, 0.15) is 6.61 Å². The first-order valence-corrected chi connectivity index (χ1v) is 7.66. The van der Waals surface area contributed by atoms with Gasteiger partial charge in [-0.1, -0.05) is 24.3 Å². The summed E-state index contributed by atoms with van der Waals surface area (Å²) in [7, 11) is 0. The second-order valence-electron chi connectivity index (χ2n) is 6.10. The van der Waals surface area contributed by atoms with Crippen LogP contribution in [0.25, 0.3) is 0 Å². The van der Waals surface area contributed by atoms with Gasteiger partial charge in [-0.3, -0.25) is 14.5 Å². The summed E-state index contributed by atoms with van der Waals surface area (Å²) in [5, 5.41) is 8.86. The molecule has 5 nitrogen and oxygen atoms in total. The number of hydrogen-bond acceptors (Lipinski definition) is 4. The zero-order valence-electron chi connectivity index (χ0n) is 13.5. The molecule has 1 aliphatic heterocycles. The van der Waals surface area contributed by atoms with Crippen LogP contribution in [0, 0.1) is 0 Å². The molecule has 1 aromatic carbocycles. The Kier molecular flexibility index (Phi) is 5.32. The molecule has 120 valence electrons. The summed E-state index contributed by atoms with van der Waals surface area (Å²) in [5.41, 5.74) is 1.67. The lowest BCUT2D eigenvalue weighted by Crippen LogP contribution is -2.57. The molecule has 0 spiro atoms. The number of ketones is 1. The third-order valence-corrected chi connectivity index (χ3v) is 4.18. The Balaban J connectivity index is 2.00. The summed E-state index contributed by atoms with van der Waals surface area (Å²) in [6, 6.07) is 7.78. The summed E-state index contributed by atoms with van der Waals surface area (Å²) in [6.45, 7) is 7.82. The van der Waals surface area contributed by atoms with Crippen molar-refractivity contribution in [3.05, 3.63) is 35.4 Å². The molecule has 1 amide bonds. The van der Waals surface area contributed by atoms with E-state index in [4.69, 9.17) is 5.11 Å². The van der Waals surface area contributed by atoms with Crippen molar-refractivity contribution in [2.75, 3.05) is 19.7 Å².